The van der Waals surface area contributed by atoms with Crippen LogP contribution in [0.3, 0.4) is 0 Å². The van der Waals surface area contributed by atoms with Crippen molar-refractivity contribution in [2.75, 3.05) is 20.2 Å². The molecule has 0 bridgehead atoms. The number of nitrogens with zero attached hydrogens (tertiary/aromatic N) is 3. The highest BCUT2D eigenvalue weighted by Crippen LogP contribution is 2.24. The van der Waals surface area contributed by atoms with Gasteiger partial charge in [-0.25, -0.2) is 0 Å². The summed E-state index contributed by atoms with van der Waals surface area (Å²) in [6, 6.07) is 12.2. The predicted octanol–water partition coefficient (Wildman–Crippen LogP) is 2.14. The zero-order valence-electron chi connectivity index (χ0n) is 13.7. The molecular formula is C18H23N3O2. The third-order valence-corrected chi connectivity index (χ3v) is 4.63. The zero-order valence-corrected chi connectivity index (χ0v) is 13.7. The fourth-order valence-corrected chi connectivity index (χ4v) is 3.36. The van der Waals surface area contributed by atoms with E-state index in [1.165, 1.54) is 5.56 Å². The van der Waals surface area contributed by atoms with Crippen molar-refractivity contribution in [3.05, 3.63) is 53.9 Å². The molecule has 2 heterocycles. The lowest BCUT2D eigenvalue weighted by molar-refractivity contribution is -0.00331. The molecule has 1 aliphatic heterocycles. The van der Waals surface area contributed by atoms with Crippen LogP contribution in [0.1, 0.15) is 22.5 Å². The van der Waals surface area contributed by atoms with Crippen LogP contribution in [-0.2, 0) is 18.2 Å². The van der Waals surface area contributed by atoms with Crippen molar-refractivity contribution in [1.82, 2.24) is 14.7 Å². The average Bonchev–Trinajstić information content (AvgIpc) is 3.01. The molecule has 1 aliphatic rings. The normalized spacial score (nSPS) is 21.4. The molecule has 0 aliphatic carbocycles. The van der Waals surface area contributed by atoms with E-state index in [2.05, 4.69) is 29.4 Å². The van der Waals surface area contributed by atoms with E-state index in [4.69, 9.17) is 4.74 Å². The Morgan fingerprint density at radius 2 is 2.09 bits per heavy atom. The highest BCUT2D eigenvalue weighted by Gasteiger charge is 2.32. The zero-order chi connectivity index (χ0) is 16.2. The minimum Gasteiger partial charge on any atom is -0.381 e. The second-order valence-corrected chi connectivity index (χ2v) is 6.10. The third-order valence-electron chi connectivity index (χ3n) is 4.63. The monoisotopic (exact) mass is 313 g/mol. The molecule has 0 N–H and O–H groups in total. The van der Waals surface area contributed by atoms with E-state index in [1.54, 1.807) is 31.1 Å². The van der Waals surface area contributed by atoms with Gasteiger partial charge in [0.1, 0.15) is 5.69 Å². The van der Waals surface area contributed by atoms with Crippen LogP contribution in [0.2, 0.25) is 0 Å². The molecule has 0 saturated carbocycles. The fraction of sp³-hybridized carbons (Fsp3) is 0.444. The van der Waals surface area contributed by atoms with Gasteiger partial charge in [-0.1, -0.05) is 30.3 Å². The summed E-state index contributed by atoms with van der Waals surface area (Å²) in [5, 5.41) is 4.09. The summed E-state index contributed by atoms with van der Waals surface area (Å²) in [5.74, 6) is 0.367. The molecular weight excluding hydrogens is 290 g/mol. The van der Waals surface area contributed by atoms with Gasteiger partial charge in [0, 0.05) is 39.4 Å². The van der Waals surface area contributed by atoms with E-state index in [0.717, 1.165) is 25.9 Å². The Bertz CT molecular complexity index is 653. The number of piperidine rings is 1. The van der Waals surface area contributed by atoms with Crippen molar-refractivity contribution < 1.29 is 9.53 Å². The van der Waals surface area contributed by atoms with Crippen molar-refractivity contribution in [1.29, 1.82) is 0 Å². The molecule has 0 unspecified atom stereocenters. The number of aromatic nitrogens is 2. The van der Waals surface area contributed by atoms with E-state index >= 15 is 0 Å². The van der Waals surface area contributed by atoms with Crippen LogP contribution < -0.4 is 0 Å². The van der Waals surface area contributed by atoms with Crippen molar-refractivity contribution >= 4 is 5.91 Å². The van der Waals surface area contributed by atoms with Crippen LogP contribution in [0.4, 0.5) is 0 Å². The van der Waals surface area contributed by atoms with Crippen molar-refractivity contribution in [3.63, 3.8) is 0 Å². The minimum absolute atomic E-state index is 0.0533. The Balaban J connectivity index is 1.73. The Morgan fingerprint density at radius 3 is 2.74 bits per heavy atom. The Hall–Kier alpha value is -2.14. The molecule has 2 aromatic rings. The maximum atomic E-state index is 12.7. The van der Waals surface area contributed by atoms with Crippen molar-refractivity contribution in [2.24, 2.45) is 13.0 Å². The standard InChI is InChI=1S/C18H23N3O2/c1-20-16(8-10-19-20)18(22)21-11-9-17(23-2)15(13-21)12-14-6-4-3-5-7-14/h3-8,10,15,17H,9,11-13H2,1-2H3/t15-,17-/m0/s1. The highest BCUT2D eigenvalue weighted by atomic mass is 16.5. The first kappa shape index (κ1) is 15.7. The molecule has 0 spiro atoms. The number of rotatable bonds is 4. The van der Waals surface area contributed by atoms with Gasteiger partial charge in [-0.2, -0.15) is 5.10 Å². The van der Waals surface area contributed by atoms with E-state index in [1.807, 2.05) is 11.0 Å². The van der Waals surface area contributed by atoms with Gasteiger partial charge in [-0.3, -0.25) is 9.48 Å². The van der Waals surface area contributed by atoms with E-state index in [-0.39, 0.29) is 12.0 Å². The summed E-state index contributed by atoms with van der Waals surface area (Å²) in [6.07, 6.45) is 3.66. The second-order valence-electron chi connectivity index (χ2n) is 6.10. The van der Waals surface area contributed by atoms with E-state index < -0.39 is 0 Å². The van der Waals surface area contributed by atoms with Gasteiger partial charge in [0.05, 0.1) is 6.10 Å². The van der Waals surface area contributed by atoms with Crippen molar-refractivity contribution in [3.8, 4) is 0 Å². The first-order valence-corrected chi connectivity index (χ1v) is 8.03. The summed E-state index contributed by atoms with van der Waals surface area (Å²) in [4.78, 5) is 14.6. The molecule has 1 aromatic heterocycles. The molecule has 1 fully saturated rings. The summed E-state index contributed by atoms with van der Waals surface area (Å²) in [6.45, 7) is 1.45. The number of hydrogen-bond acceptors (Lipinski definition) is 3. The van der Waals surface area contributed by atoms with Crippen LogP contribution in [0.15, 0.2) is 42.6 Å². The molecule has 5 nitrogen and oxygen atoms in total. The molecule has 2 atom stereocenters. The largest absolute Gasteiger partial charge is 0.381 e. The van der Waals surface area contributed by atoms with Crippen molar-refractivity contribution in [2.45, 2.75) is 18.9 Å². The number of amides is 1. The summed E-state index contributed by atoms with van der Waals surface area (Å²) >= 11 is 0. The molecule has 5 heteroatoms. The number of methoxy groups -OCH3 is 1. The van der Waals surface area contributed by atoms with Gasteiger partial charge < -0.3 is 9.64 Å². The number of carbonyl (C=O) groups is 1. The van der Waals surface area contributed by atoms with Crippen LogP contribution >= 0.6 is 0 Å². The lowest BCUT2D eigenvalue weighted by Gasteiger charge is -2.38. The number of benzene rings is 1. The first-order valence-electron chi connectivity index (χ1n) is 8.03. The number of carbonyl (C=O) groups excluding carboxylic acids is 1. The Morgan fingerprint density at radius 1 is 1.30 bits per heavy atom. The first-order chi connectivity index (χ1) is 11.2. The molecule has 122 valence electrons. The lowest BCUT2D eigenvalue weighted by atomic mass is 9.88. The maximum absolute atomic E-state index is 12.7. The summed E-state index contributed by atoms with van der Waals surface area (Å²) in [5.41, 5.74) is 1.92. The number of likely N-dealkylation sites (tertiary alicyclic amines) is 1. The molecule has 1 aromatic carbocycles. The van der Waals surface area contributed by atoms with Crippen LogP contribution in [-0.4, -0.2) is 46.9 Å². The SMILES string of the molecule is CO[C@H]1CCN(C(=O)c2ccnn2C)C[C@@H]1Cc1ccccc1. The quantitative estimate of drug-likeness (QED) is 0.869. The smallest absolute Gasteiger partial charge is 0.272 e. The van der Waals surface area contributed by atoms with Crippen LogP contribution in [0.5, 0.6) is 0 Å². The van der Waals surface area contributed by atoms with Gasteiger partial charge in [-0.15, -0.1) is 0 Å². The number of aryl methyl sites for hydroxylation is 1. The van der Waals surface area contributed by atoms with Gasteiger partial charge >= 0.3 is 0 Å². The molecule has 23 heavy (non-hydrogen) atoms. The topological polar surface area (TPSA) is 47.4 Å². The summed E-state index contributed by atoms with van der Waals surface area (Å²) in [7, 11) is 3.57. The lowest BCUT2D eigenvalue weighted by Crippen LogP contribution is -2.47. The van der Waals surface area contributed by atoms with Gasteiger partial charge in [0.15, 0.2) is 0 Å². The number of hydrogen-bond donors (Lipinski definition) is 0. The van der Waals surface area contributed by atoms with Gasteiger partial charge in [0.2, 0.25) is 0 Å². The molecule has 1 saturated heterocycles. The minimum atomic E-state index is 0.0533. The van der Waals surface area contributed by atoms with Crippen LogP contribution in [0.25, 0.3) is 0 Å². The Kier molecular flexibility index (Phi) is 4.76. The number of ether oxygens (including phenoxy) is 1. The summed E-state index contributed by atoms with van der Waals surface area (Å²) < 4.78 is 7.30. The highest BCUT2D eigenvalue weighted by molar-refractivity contribution is 5.92. The Labute approximate surface area is 136 Å². The van der Waals surface area contributed by atoms with E-state index in [0.29, 0.717) is 11.6 Å². The predicted molar refractivity (Wildman–Crippen MR) is 88.2 cm³/mol. The van der Waals surface area contributed by atoms with Gasteiger partial charge in [0.25, 0.3) is 5.91 Å². The average molecular weight is 313 g/mol. The third kappa shape index (κ3) is 3.45. The van der Waals surface area contributed by atoms with Crippen LogP contribution in [0, 0.1) is 5.92 Å². The molecule has 0 radical (unpaired) electrons. The fourth-order valence-electron chi connectivity index (χ4n) is 3.36. The maximum Gasteiger partial charge on any atom is 0.272 e. The molecule has 3 rings (SSSR count). The molecule has 1 amide bonds. The van der Waals surface area contributed by atoms with E-state index in [9.17, 15) is 4.79 Å². The second kappa shape index (κ2) is 6.96. The van der Waals surface area contributed by atoms with Gasteiger partial charge in [-0.05, 0) is 24.5 Å².